The van der Waals surface area contributed by atoms with Gasteiger partial charge in [-0.2, -0.15) is 0 Å². The maximum absolute atomic E-state index is 12.8. The van der Waals surface area contributed by atoms with Gasteiger partial charge in [0.05, 0.1) is 18.6 Å². The first-order valence-electron chi connectivity index (χ1n) is 10.3. The Morgan fingerprint density at radius 3 is 2.39 bits per heavy atom. The van der Waals surface area contributed by atoms with Crippen LogP contribution in [0.5, 0.6) is 0 Å². The second-order valence-corrected chi connectivity index (χ2v) is 8.15. The van der Waals surface area contributed by atoms with Crippen molar-refractivity contribution in [2.75, 3.05) is 7.11 Å². The summed E-state index contributed by atoms with van der Waals surface area (Å²) in [6.45, 7) is 8.55. The first-order chi connectivity index (χ1) is 15.3. The molecule has 0 aromatic carbocycles. The molecule has 180 valence electrons. The van der Waals surface area contributed by atoms with Gasteiger partial charge in [-0.05, 0) is 39.7 Å². The van der Waals surface area contributed by atoms with Gasteiger partial charge in [0.25, 0.3) is 0 Å². The van der Waals surface area contributed by atoms with Crippen LogP contribution in [-0.4, -0.2) is 65.8 Å². The minimum absolute atomic E-state index is 0.0914. The molecule has 5 atom stereocenters. The predicted octanol–water partition coefficient (Wildman–Crippen LogP) is 1.11. The molecule has 10 heteroatoms. The lowest BCUT2D eigenvalue weighted by Gasteiger charge is -2.34. The van der Waals surface area contributed by atoms with Crippen LogP contribution in [0.4, 0.5) is 0 Å². The highest BCUT2D eigenvalue weighted by Crippen LogP contribution is 2.38. The lowest BCUT2D eigenvalue weighted by Crippen LogP contribution is -2.51. The lowest BCUT2D eigenvalue weighted by atomic mass is 9.83. The van der Waals surface area contributed by atoms with Gasteiger partial charge < -0.3 is 24.1 Å². The molecule has 2 rings (SSSR count). The molecule has 0 unspecified atom stereocenters. The van der Waals surface area contributed by atoms with Gasteiger partial charge in [-0.3, -0.25) is 9.59 Å². The number of hydrogen-bond acceptors (Lipinski definition) is 10. The van der Waals surface area contributed by atoms with Crippen LogP contribution in [0.25, 0.3) is 0 Å². The number of Topliss-reactive ketones (excluding diaryl/α,β-unsaturated/α-hetero) is 1. The van der Waals surface area contributed by atoms with E-state index in [1.807, 2.05) is 0 Å². The second kappa shape index (κ2) is 10.1. The average molecular weight is 464 g/mol. The highest BCUT2D eigenvalue weighted by molar-refractivity contribution is 6.05. The summed E-state index contributed by atoms with van der Waals surface area (Å²) in [5.74, 6) is -5.77. The number of carbonyl (C=O) groups is 5. The van der Waals surface area contributed by atoms with Gasteiger partial charge in [0.1, 0.15) is 6.10 Å². The number of carbonyl (C=O) groups excluding carboxylic acids is 5. The molecule has 0 aromatic rings. The van der Waals surface area contributed by atoms with Crippen molar-refractivity contribution < 1.29 is 48.0 Å². The molecule has 1 N–H and O–H groups in total. The molecule has 0 radical (unpaired) electrons. The quantitative estimate of drug-likeness (QED) is 0.207. The van der Waals surface area contributed by atoms with Gasteiger partial charge in [0.15, 0.2) is 18.0 Å². The Labute approximate surface area is 191 Å². The zero-order chi connectivity index (χ0) is 25.1. The Bertz CT molecular complexity index is 939. The highest BCUT2D eigenvalue weighted by atomic mass is 16.6. The summed E-state index contributed by atoms with van der Waals surface area (Å²) in [5.41, 5.74) is -1.93. The Morgan fingerprint density at radius 1 is 1.21 bits per heavy atom. The van der Waals surface area contributed by atoms with E-state index >= 15 is 0 Å². The van der Waals surface area contributed by atoms with Crippen LogP contribution in [0.3, 0.4) is 0 Å². The lowest BCUT2D eigenvalue weighted by molar-refractivity contribution is -0.185. The highest BCUT2D eigenvalue weighted by Gasteiger charge is 2.52. The largest absolute Gasteiger partial charge is 0.466 e. The maximum Gasteiger partial charge on any atom is 0.346 e. The van der Waals surface area contributed by atoms with Crippen LogP contribution in [0, 0.1) is 5.92 Å². The van der Waals surface area contributed by atoms with Crippen molar-refractivity contribution in [2.24, 2.45) is 5.92 Å². The number of ether oxygens (including phenoxy) is 4. The predicted molar refractivity (Wildman–Crippen MR) is 112 cm³/mol. The summed E-state index contributed by atoms with van der Waals surface area (Å²) in [7, 11) is 1.13. The van der Waals surface area contributed by atoms with Gasteiger partial charge in [0, 0.05) is 12.5 Å². The van der Waals surface area contributed by atoms with Gasteiger partial charge >= 0.3 is 23.9 Å². The number of esters is 4. The molecule has 1 saturated heterocycles. The number of aliphatic hydroxyl groups is 1. The van der Waals surface area contributed by atoms with Crippen molar-refractivity contribution in [3.05, 3.63) is 35.5 Å². The van der Waals surface area contributed by atoms with E-state index in [2.05, 4.69) is 6.58 Å². The summed E-state index contributed by atoms with van der Waals surface area (Å²) >= 11 is 0. The number of fused-ring (bicyclic) bond motifs is 1. The van der Waals surface area contributed by atoms with Crippen molar-refractivity contribution in [1.29, 1.82) is 0 Å². The van der Waals surface area contributed by atoms with Crippen LogP contribution in [0.15, 0.2) is 35.5 Å². The summed E-state index contributed by atoms with van der Waals surface area (Å²) in [4.78, 5) is 61.6. The van der Waals surface area contributed by atoms with Crippen LogP contribution >= 0.6 is 0 Å². The fourth-order valence-electron chi connectivity index (χ4n) is 3.57. The molecule has 2 aliphatic rings. The molecular formula is C23H28O10. The minimum Gasteiger partial charge on any atom is -0.466 e. The molecule has 0 saturated carbocycles. The Balaban J connectivity index is 2.73. The first kappa shape index (κ1) is 26.0. The summed E-state index contributed by atoms with van der Waals surface area (Å²) in [6, 6.07) is 0. The van der Waals surface area contributed by atoms with Crippen molar-refractivity contribution >= 4 is 29.7 Å². The van der Waals surface area contributed by atoms with Crippen molar-refractivity contribution in [2.45, 2.75) is 64.4 Å². The minimum atomic E-state index is -2.53. The second-order valence-electron chi connectivity index (χ2n) is 8.15. The number of hydrogen-bond donors (Lipinski definition) is 1. The van der Waals surface area contributed by atoms with Crippen LogP contribution in [0.1, 0.15) is 40.5 Å². The fourth-order valence-corrected chi connectivity index (χ4v) is 3.57. The number of ketones is 1. The molecule has 1 heterocycles. The summed E-state index contributed by atoms with van der Waals surface area (Å²) in [5, 5.41) is 10.3. The summed E-state index contributed by atoms with van der Waals surface area (Å²) in [6.07, 6.45) is -0.0725. The van der Waals surface area contributed by atoms with E-state index in [0.717, 1.165) is 33.5 Å². The molecule has 10 nitrogen and oxygen atoms in total. The normalized spacial score (nSPS) is 30.2. The Kier molecular flexibility index (Phi) is 7.97. The summed E-state index contributed by atoms with van der Waals surface area (Å²) < 4.78 is 21.1. The molecular weight excluding hydrogens is 436 g/mol. The van der Waals surface area contributed by atoms with Crippen LogP contribution in [0.2, 0.25) is 0 Å². The third kappa shape index (κ3) is 5.57. The molecule has 0 amide bonds. The van der Waals surface area contributed by atoms with Crippen LogP contribution < -0.4 is 0 Å². The maximum atomic E-state index is 12.8. The standard InChI is InChI=1S/C23H28O10/c1-11-8-7-9-15(21(27)30-6)18(31-14(4)25)19(33-22(28)23(5,29)13(3)24)17-12(2)20(26)32-16(17)10-11/h9-10,16-19,29H,2,7-8H2,1,3-6H3/b11-10-,15-9+/t16-,17+,18+,19+,23-/m1/s1. The number of methoxy groups -OCH3 is 1. The molecule has 1 fully saturated rings. The van der Waals surface area contributed by atoms with Crippen molar-refractivity contribution in [1.82, 2.24) is 0 Å². The van der Waals surface area contributed by atoms with Gasteiger partial charge in [-0.25, -0.2) is 14.4 Å². The van der Waals surface area contributed by atoms with E-state index in [4.69, 9.17) is 18.9 Å². The van der Waals surface area contributed by atoms with E-state index in [9.17, 15) is 29.1 Å². The zero-order valence-electron chi connectivity index (χ0n) is 19.2. The average Bonchev–Trinajstić information content (AvgIpc) is 2.99. The SMILES string of the molecule is C=C1C(=O)O[C@@H]2/C=C(/C)CC/C=C(/C(=O)OC)[C@H](OC(C)=O)[C@@H](OC(=O)[C@](C)(O)C(C)=O)[C@@H]12. The molecule has 0 bridgehead atoms. The van der Waals surface area contributed by atoms with E-state index in [1.165, 1.54) is 6.08 Å². The van der Waals surface area contributed by atoms with E-state index < -0.39 is 59.5 Å². The van der Waals surface area contributed by atoms with Gasteiger partial charge in [-0.1, -0.05) is 18.2 Å². The Morgan fingerprint density at radius 2 is 1.85 bits per heavy atom. The van der Waals surface area contributed by atoms with Crippen LogP contribution in [-0.2, 0) is 42.9 Å². The molecule has 1 aliphatic heterocycles. The fraction of sp³-hybridized carbons (Fsp3) is 0.522. The van der Waals surface area contributed by atoms with E-state index in [1.54, 1.807) is 13.0 Å². The van der Waals surface area contributed by atoms with Crippen molar-refractivity contribution in [3.63, 3.8) is 0 Å². The van der Waals surface area contributed by atoms with Gasteiger partial charge in [-0.15, -0.1) is 0 Å². The van der Waals surface area contributed by atoms with E-state index in [-0.39, 0.29) is 11.1 Å². The number of rotatable bonds is 5. The molecule has 1 aliphatic carbocycles. The third-order valence-electron chi connectivity index (χ3n) is 5.61. The molecule has 0 aromatic heterocycles. The molecule has 0 spiro atoms. The van der Waals surface area contributed by atoms with Crippen molar-refractivity contribution in [3.8, 4) is 0 Å². The molecule has 33 heavy (non-hydrogen) atoms. The number of allylic oxidation sites excluding steroid dienone is 2. The Hall–Kier alpha value is -3.27. The third-order valence-corrected chi connectivity index (χ3v) is 5.61. The topological polar surface area (TPSA) is 143 Å². The van der Waals surface area contributed by atoms with Gasteiger partial charge in [0.2, 0.25) is 5.60 Å². The smallest absolute Gasteiger partial charge is 0.346 e. The zero-order valence-corrected chi connectivity index (χ0v) is 19.2. The monoisotopic (exact) mass is 464 g/mol. The first-order valence-corrected chi connectivity index (χ1v) is 10.3. The van der Waals surface area contributed by atoms with E-state index in [0.29, 0.717) is 12.8 Å².